The molecule has 2 aromatic carbocycles. The number of amides is 2. The van der Waals surface area contributed by atoms with Crippen LogP contribution in [0.3, 0.4) is 0 Å². The molecule has 0 aliphatic heterocycles. The van der Waals surface area contributed by atoms with Crippen molar-refractivity contribution in [2.24, 2.45) is 0 Å². The molecule has 7 nitrogen and oxygen atoms in total. The van der Waals surface area contributed by atoms with Gasteiger partial charge < -0.3 is 16.4 Å². The van der Waals surface area contributed by atoms with Gasteiger partial charge in [-0.15, -0.1) is 0 Å². The maximum atomic E-state index is 12.0. The average molecular weight is 334 g/mol. The number of urea groups is 1. The van der Waals surface area contributed by atoms with E-state index in [-0.39, 0.29) is 0 Å². The van der Waals surface area contributed by atoms with Crippen LogP contribution in [-0.2, 0) is 10.0 Å². The maximum absolute atomic E-state index is 12.0. The van der Waals surface area contributed by atoms with E-state index in [1.165, 1.54) is 0 Å². The Morgan fingerprint density at radius 1 is 1.00 bits per heavy atom. The van der Waals surface area contributed by atoms with Crippen LogP contribution < -0.4 is 21.1 Å². The Morgan fingerprint density at radius 3 is 2.22 bits per heavy atom. The normalized spacial score (nSPS) is 10.9. The van der Waals surface area contributed by atoms with Crippen molar-refractivity contribution in [3.8, 4) is 0 Å². The fraction of sp³-hybridized carbons (Fsp3) is 0.133. The number of aryl methyl sites for hydroxylation is 1. The van der Waals surface area contributed by atoms with Crippen molar-refractivity contribution in [1.29, 1.82) is 0 Å². The van der Waals surface area contributed by atoms with E-state index in [4.69, 9.17) is 5.73 Å². The Labute approximate surface area is 134 Å². The van der Waals surface area contributed by atoms with Crippen LogP contribution in [0.4, 0.5) is 27.5 Å². The molecule has 0 atom stereocenters. The predicted octanol–water partition coefficient (Wildman–Crippen LogP) is 2.59. The van der Waals surface area contributed by atoms with E-state index in [1.54, 1.807) is 36.4 Å². The summed E-state index contributed by atoms with van der Waals surface area (Å²) < 4.78 is 24.6. The summed E-state index contributed by atoms with van der Waals surface area (Å²) in [5.41, 5.74) is 8.72. The highest BCUT2D eigenvalue weighted by atomic mass is 32.2. The molecule has 5 N–H and O–H groups in total. The van der Waals surface area contributed by atoms with Gasteiger partial charge in [0.15, 0.2) is 0 Å². The van der Waals surface area contributed by atoms with Gasteiger partial charge in [-0.3, -0.25) is 4.72 Å². The molecule has 0 saturated carbocycles. The van der Waals surface area contributed by atoms with Crippen LogP contribution in [0.2, 0.25) is 0 Å². The fourth-order valence-corrected chi connectivity index (χ4v) is 2.46. The topological polar surface area (TPSA) is 113 Å². The highest BCUT2D eigenvalue weighted by molar-refractivity contribution is 7.92. The number of nitrogens with one attached hydrogen (secondary N) is 3. The Hall–Kier alpha value is -2.74. The Balaban J connectivity index is 2.01. The van der Waals surface area contributed by atoms with Crippen LogP contribution in [-0.4, -0.2) is 20.7 Å². The van der Waals surface area contributed by atoms with Gasteiger partial charge >= 0.3 is 6.03 Å². The molecule has 0 fully saturated rings. The van der Waals surface area contributed by atoms with Gasteiger partial charge in [0.1, 0.15) is 0 Å². The van der Waals surface area contributed by atoms with Crippen molar-refractivity contribution < 1.29 is 13.2 Å². The SMILES string of the molecule is Cc1ccc(N)c(NC(=O)Nc2ccc(NS(C)(=O)=O)cc2)c1. The second-order valence-corrected chi connectivity index (χ2v) is 6.87. The zero-order chi connectivity index (χ0) is 17.0. The first-order valence-electron chi connectivity index (χ1n) is 6.75. The second kappa shape index (κ2) is 6.57. The molecule has 0 bridgehead atoms. The van der Waals surface area contributed by atoms with Crippen LogP contribution in [0.5, 0.6) is 0 Å². The van der Waals surface area contributed by atoms with E-state index in [0.29, 0.717) is 22.7 Å². The monoisotopic (exact) mass is 334 g/mol. The molecule has 23 heavy (non-hydrogen) atoms. The molecular weight excluding hydrogens is 316 g/mol. The first-order chi connectivity index (χ1) is 10.7. The quantitative estimate of drug-likeness (QED) is 0.644. The van der Waals surface area contributed by atoms with E-state index in [9.17, 15) is 13.2 Å². The Bertz CT molecular complexity index is 817. The third kappa shape index (κ3) is 5.19. The van der Waals surface area contributed by atoms with Crippen LogP contribution in [0.25, 0.3) is 0 Å². The number of benzene rings is 2. The number of nitrogens with two attached hydrogens (primary N) is 1. The van der Waals surface area contributed by atoms with E-state index in [0.717, 1.165) is 11.8 Å². The Kier molecular flexibility index (Phi) is 4.75. The number of carbonyl (C=O) groups is 1. The molecule has 2 rings (SSSR count). The zero-order valence-electron chi connectivity index (χ0n) is 12.8. The average Bonchev–Trinajstić information content (AvgIpc) is 2.43. The van der Waals surface area contributed by atoms with Gasteiger partial charge in [0.25, 0.3) is 0 Å². The summed E-state index contributed by atoms with van der Waals surface area (Å²) in [7, 11) is -3.33. The molecule has 0 heterocycles. The molecule has 8 heteroatoms. The van der Waals surface area contributed by atoms with Crippen molar-refractivity contribution in [2.75, 3.05) is 27.3 Å². The van der Waals surface area contributed by atoms with Crippen LogP contribution in [0, 0.1) is 6.92 Å². The lowest BCUT2D eigenvalue weighted by Crippen LogP contribution is -2.20. The minimum absolute atomic E-state index is 0.418. The van der Waals surface area contributed by atoms with Crippen LogP contribution in [0.1, 0.15) is 5.56 Å². The number of rotatable bonds is 4. The summed E-state index contributed by atoms with van der Waals surface area (Å²) in [5.74, 6) is 0. The van der Waals surface area contributed by atoms with Crippen molar-refractivity contribution >= 4 is 38.8 Å². The summed E-state index contributed by atoms with van der Waals surface area (Å²) in [5, 5.41) is 5.31. The van der Waals surface area contributed by atoms with Gasteiger partial charge in [0.05, 0.1) is 17.6 Å². The summed E-state index contributed by atoms with van der Waals surface area (Å²) in [6.45, 7) is 1.90. The third-order valence-electron chi connectivity index (χ3n) is 2.90. The standard InChI is InChI=1S/C15H18N4O3S/c1-10-3-8-13(16)14(9-10)18-15(20)17-11-4-6-12(7-5-11)19-23(2,21)22/h3-9,19H,16H2,1-2H3,(H2,17,18,20). The van der Waals surface area contributed by atoms with E-state index < -0.39 is 16.1 Å². The third-order valence-corrected chi connectivity index (χ3v) is 3.51. The number of nitrogen functional groups attached to an aromatic ring is 1. The minimum Gasteiger partial charge on any atom is -0.397 e. The van der Waals surface area contributed by atoms with Gasteiger partial charge in [-0.2, -0.15) is 0 Å². The summed E-state index contributed by atoms with van der Waals surface area (Å²) in [4.78, 5) is 12.0. The summed E-state index contributed by atoms with van der Waals surface area (Å²) in [6.07, 6.45) is 1.07. The molecule has 2 aromatic rings. The molecule has 0 radical (unpaired) electrons. The number of carbonyl (C=O) groups excluding carboxylic acids is 1. The zero-order valence-corrected chi connectivity index (χ0v) is 13.6. The van der Waals surface area contributed by atoms with Crippen molar-refractivity contribution in [1.82, 2.24) is 0 Å². The van der Waals surface area contributed by atoms with Crippen LogP contribution >= 0.6 is 0 Å². The van der Waals surface area contributed by atoms with Gasteiger partial charge in [0.2, 0.25) is 10.0 Å². The van der Waals surface area contributed by atoms with Gasteiger partial charge in [0, 0.05) is 11.4 Å². The molecule has 0 aliphatic rings. The second-order valence-electron chi connectivity index (χ2n) is 5.12. The first-order valence-corrected chi connectivity index (χ1v) is 8.64. The molecule has 0 aliphatic carbocycles. The van der Waals surface area contributed by atoms with Crippen LogP contribution in [0.15, 0.2) is 42.5 Å². The lowest BCUT2D eigenvalue weighted by Gasteiger charge is -2.11. The maximum Gasteiger partial charge on any atom is 0.323 e. The summed E-state index contributed by atoms with van der Waals surface area (Å²) in [6, 6.07) is 11.2. The molecular formula is C15H18N4O3S. The van der Waals surface area contributed by atoms with Crippen molar-refractivity contribution in [3.05, 3.63) is 48.0 Å². The van der Waals surface area contributed by atoms with Crippen molar-refractivity contribution in [3.63, 3.8) is 0 Å². The lowest BCUT2D eigenvalue weighted by atomic mass is 10.2. The highest BCUT2D eigenvalue weighted by Gasteiger charge is 2.06. The highest BCUT2D eigenvalue weighted by Crippen LogP contribution is 2.20. The smallest absolute Gasteiger partial charge is 0.323 e. The largest absolute Gasteiger partial charge is 0.397 e. The van der Waals surface area contributed by atoms with Crippen molar-refractivity contribution in [2.45, 2.75) is 6.92 Å². The molecule has 0 aromatic heterocycles. The van der Waals surface area contributed by atoms with Gasteiger partial charge in [-0.05, 0) is 48.9 Å². The lowest BCUT2D eigenvalue weighted by molar-refractivity contribution is 0.262. The first kappa shape index (κ1) is 16.6. The van der Waals surface area contributed by atoms with Gasteiger partial charge in [-0.1, -0.05) is 6.07 Å². The van der Waals surface area contributed by atoms with E-state index in [2.05, 4.69) is 15.4 Å². The summed E-state index contributed by atoms with van der Waals surface area (Å²) >= 11 is 0. The molecule has 122 valence electrons. The number of hydrogen-bond acceptors (Lipinski definition) is 4. The molecule has 0 saturated heterocycles. The van der Waals surface area contributed by atoms with Gasteiger partial charge in [-0.25, -0.2) is 13.2 Å². The molecule has 0 spiro atoms. The minimum atomic E-state index is -3.33. The van der Waals surface area contributed by atoms with E-state index >= 15 is 0 Å². The number of sulfonamides is 1. The number of anilines is 4. The molecule has 0 unspecified atom stereocenters. The van der Waals surface area contributed by atoms with E-state index in [1.807, 2.05) is 13.0 Å². The number of hydrogen-bond donors (Lipinski definition) is 4. The molecule has 2 amide bonds. The Morgan fingerprint density at radius 2 is 1.61 bits per heavy atom. The fourth-order valence-electron chi connectivity index (χ4n) is 1.90. The predicted molar refractivity (Wildman–Crippen MR) is 93.1 cm³/mol.